The monoisotopic (exact) mass is 263 g/mol. The highest BCUT2D eigenvalue weighted by Gasteiger charge is 2.20. The number of hydrogen-bond donors (Lipinski definition) is 1. The Kier molecular flexibility index (Phi) is 4.19. The van der Waals surface area contributed by atoms with Crippen LogP contribution in [0.1, 0.15) is 41.6 Å². The summed E-state index contributed by atoms with van der Waals surface area (Å²) in [4.78, 5) is 1.38. The van der Waals surface area contributed by atoms with Crippen molar-refractivity contribution < 1.29 is 0 Å². The normalized spacial score (nSPS) is 12.9. The van der Waals surface area contributed by atoms with E-state index in [0.29, 0.717) is 0 Å². The van der Waals surface area contributed by atoms with Crippen molar-refractivity contribution in [3.05, 3.63) is 39.3 Å². The van der Waals surface area contributed by atoms with Crippen LogP contribution in [0.4, 0.5) is 0 Å². The van der Waals surface area contributed by atoms with E-state index in [1.807, 2.05) is 11.7 Å². The number of hydrogen-bond acceptors (Lipinski definition) is 3. The van der Waals surface area contributed by atoms with Gasteiger partial charge in [0.1, 0.15) is 0 Å². The maximum absolute atomic E-state index is 4.55. The second kappa shape index (κ2) is 5.67. The van der Waals surface area contributed by atoms with Crippen molar-refractivity contribution in [1.82, 2.24) is 15.1 Å². The Morgan fingerprint density at radius 1 is 1.39 bits per heavy atom. The predicted molar refractivity (Wildman–Crippen MR) is 77.2 cm³/mol. The Balaban J connectivity index is 2.44. The molecule has 1 N–H and O–H groups in total. The Labute approximate surface area is 113 Å². The first-order valence-corrected chi connectivity index (χ1v) is 7.35. The molecule has 0 radical (unpaired) electrons. The van der Waals surface area contributed by atoms with Gasteiger partial charge in [-0.15, -0.1) is 11.3 Å². The summed E-state index contributed by atoms with van der Waals surface area (Å²) in [6.07, 6.45) is 3.12. The molecule has 2 heterocycles. The third-order valence-corrected chi connectivity index (χ3v) is 4.06. The fraction of sp³-hybridized carbons (Fsp3) is 0.500. The summed E-state index contributed by atoms with van der Waals surface area (Å²) in [6, 6.07) is 2.49. The van der Waals surface area contributed by atoms with Crippen LogP contribution in [-0.2, 0) is 13.5 Å². The highest BCUT2D eigenvalue weighted by atomic mass is 32.1. The lowest BCUT2D eigenvalue weighted by Gasteiger charge is -2.18. The van der Waals surface area contributed by atoms with Crippen LogP contribution in [0, 0.1) is 6.92 Å². The van der Waals surface area contributed by atoms with E-state index in [9.17, 15) is 0 Å². The summed E-state index contributed by atoms with van der Waals surface area (Å²) < 4.78 is 1.92. The van der Waals surface area contributed by atoms with E-state index in [0.717, 1.165) is 13.0 Å². The van der Waals surface area contributed by atoms with Crippen LogP contribution in [0.25, 0.3) is 0 Å². The standard InChI is InChI=1S/C14H21N3S/c1-5-13-12(9-17(4)16-13)14(15-6-2)11-7-8-18-10(11)3/h7-9,14-15H,5-6H2,1-4H3. The number of rotatable bonds is 5. The van der Waals surface area contributed by atoms with Gasteiger partial charge in [-0.05, 0) is 36.9 Å². The molecule has 3 nitrogen and oxygen atoms in total. The molecule has 0 bridgehead atoms. The lowest BCUT2D eigenvalue weighted by atomic mass is 9.99. The Morgan fingerprint density at radius 2 is 2.17 bits per heavy atom. The lowest BCUT2D eigenvalue weighted by Crippen LogP contribution is -2.22. The van der Waals surface area contributed by atoms with Gasteiger partial charge >= 0.3 is 0 Å². The van der Waals surface area contributed by atoms with Gasteiger partial charge in [0.15, 0.2) is 0 Å². The second-order valence-electron chi connectivity index (χ2n) is 4.48. The largest absolute Gasteiger partial charge is 0.306 e. The third kappa shape index (κ3) is 2.49. The molecule has 2 rings (SSSR count). The maximum Gasteiger partial charge on any atom is 0.0673 e. The minimum Gasteiger partial charge on any atom is -0.306 e. The van der Waals surface area contributed by atoms with E-state index in [4.69, 9.17) is 0 Å². The molecule has 0 saturated heterocycles. The molecule has 0 saturated carbocycles. The molecule has 0 aliphatic rings. The Hall–Kier alpha value is -1.13. The average Bonchev–Trinajstić information content (AvgIpc) is 2.92. The van der Waals surface area contributed by atoms with Gasteiger partial charge < -0.3 is 5.32 Å². The SMILES string of the molecule is CCNC(c1cn(C)nc1CC)c1ccsc1C. The van der Waals surface area contributed by atoms with Crippen molar-refractivity contribution in [3.63, 3.8) is 0 Å². The van der Waals surface area contributed by atoms with E-state index in [2.05, 4.69) is 48.8 Å². The fourth-order valence-electron chi connectivity index (χ4n) is 2.35. The van der Waals surface area contributed by atoms with E-state index in [1.54, 1.807) is 11.3 Å². The highest BCUT2D eigenvalue weighted by molar-refractivity contribution is 7.10. The zero-order chi connectivity index (χ0) is 13.1. The zero-order valence-corrected chi connectivity index (χ0v) is 12.3. The third-order valence-electron chi connectivity index (χ3n) is 3.20. The summed E-state index contributed by atoms with van der Waals surface area (Å²) in [5.74, 6) is 0. The van der Waals surface area contributed by atoms with E-state index in [-0.39, 0.29) is 6.04 Å². The number of thiophene rings is 1. The summed E-state index contributed by atoms with van der Waals surface area (Å²) >= 11 is 1.81. The van der Waals surface area contributed by atoms with Crippen LogP contribution in [0.3, 0.4) is 0 Å². The highest BCUT2D eigenvalue weighted by Crippen LogP contribution is 2.29. The van der Waals surface area contributed by atoms with E-state index in [1.165, 1.54) is 21.7 Å². The van der Waals surface area contributed by atoms with Gasteiger partial charge in [0.05, 0.1) is 11.7 Å². The maximum atomic E-state index is 4.55. The molecular weight excluding hydrogens is 242 g/mol. The van der Waals surface area contributed by atoms with Crippen LogP contribution in [0.15, 0.2) is 17.6 Å². The van der Waals surface area contributed by atoms with Crippen LogP contribution in [0.2, 0.25) is 0 Å². The minimum atomic E-state index is 0.268. The molecule has 18 heavy (non-hydrogen) atoms. The van der Waals surface area contributed by atoms with Crippen LogP contribution < -0.4 is 5.32 Å². The number of nitrogens with one attached hydrogen (secondary N) is 1. The van der Waals surface area contributed by atoms with Crippen molar-refractivity contribution >= 4 is 11.3 Å². The van der Waals surface area contributed by atoms with Gasteiger partial charge in [-0.3, -0.25) is 4.68 Å². The molecular formula is C14H21N3S. The second-order valence-corrected chi connectivity index (χ2v) is 5.60. The van der Waals surface area contributed by atoms with Gasteiger partial charge in [-0.1, -0.05) is 13.8 Å². The Morgan fingerprint density at radius 3 is 2.72 bits per heavy atom. The van der Waals surface area contributed by atoms with Crippen molar-refractivity contribution in [2.24, 2.45) is 7.05 Å². The summed E-state index contributed by atoms with van der Waals surface area (Å²) in [6.45, 7) is 7.45. The summed E-state index contributed by atoms with van der Waals surface area (Å²) in [5.41, 5.74) is 3.88. The van der Waals surface area contributed by atoms with Gasteiger partial charge in [-0.25, -0.2) is 0 Å². The molecule has 2 aromatic heterocycles. The minimum absolute atomic E-state index is 0.268. The lowest BCUT2D eigenvalue weighted by molar-refractivity contribution is 0.625. The van der Waals surface area contributed by atoms with Gasteiger partial charge in [0.2, 0.25) is 0 Å². The summed E-state index contributed by atoms with van der Waals surface area (Å²) in [5, 5.41) is 10.3. The molecule has 0 aliphatic heterocycles. The van der Waals surface area contributed by atoms with Gasteiger partial charge in [0.25, 0.3) is 0 Å². The van der Waals surface area contributed by atoms with Crippen LogP contribution >= 0.6 is 11.3 Å². The van der Waals surface area contributed by atoms with Gasteiger partial charge in [0, 0.05) is 23.7 Å². The first-order valence-electron chi connectivity index (χ1n) is 6.47. The number of aryl methyl sites for hydroxylation is 3. The van der Waals surface area contributed by atoms with Crippen LogP contribution in [0.5, 0.6) is 0 Å². The average molecular weight is 263 g/mol. The predicted octanol–water partition coefficient (Wildman–Crippen LogP) is 3.05. The first kappa shape index (κ1) is 13.3. The molecule has 0 aromatic carbocycles. The number of aromatic nitrogens is 2. The topological polar surface area (TPSA) is 29.9 Å². The van der Waals surface area contributed by atoms with Crippen LogP contribution in [-0.4, -0.2) is 16.3 Å². The fourth-order valence-corrected chi connectivity index (χ4v) is 3.10. The first-order chi connectivity index (χ1) is 8.67. The molecule has 0 aliphatic carbocycles. The quantitative estimate of drug-likeness (QED) is 0.898. The van der Waals surface area contributed by atoms with Gasteiger partial charge in [-0.2, -0.15) is 5.10 Å². The summed E-state index contributed by atoms with van der Waals surface area (Å²) in [7, 11) is 1.99. The molecule has 4 heteroatoms. The number of nitrogens with zero attached hydrogens (tertiary/aromatic N) is 2. The van der Waals surface area contributed by atoms with Crippen molar-refractivity contribution in [2.75, 3.05) is 6.54 Å². The van der Waals surface area contributed by atoms with Crippen molar-refractivity contribution in [2.45, 2.75) is 33.2 Å². The molecule has 1 unspecified atom stereocenters. The van der Waals surface area contributed by atoms with E-state index < -0.39 is 0 Å². The van der Waals surface area contributed by atoms with Crippen molar-refractivity contribution in [3.8, 4) is 0 Å². The molecule has 0 spiro atoms. The molecule has 1 atom stereocenters. The molecule has 0 fully saturated rings. The smallest absolute Gasteiger partial charge is 0.0673 e. The zero-order valence-electron chi connectivity index (χ0n) is 11.5. The van der Waals surface area contributed by atoms with E-state index >= 15 is 0 Å². The molecule has 2 aromatic rings. The molecule has 0 amide bonds. The molecule has 98 valence electrons. The Bertz CT molecular complexity index is 513. The van der Waals surface area contributed by atoms with Crippen molar-refractivity contribution in [1.29, 1.82) is 0 Å².